The summed E-state index contributed by atoms with van der Waals surface area (Å²) in [7, 11) is 0. The third-order valence-electron chi connectivity index (χ3n) is 2.67. The molecule has 0 saturated heterocycles. The van der Waals surface area contributed by atoms with Crippen LogP contribution >= 0.6 is 55.1 Å². The van der Waals surface area contributed by atoms with Crippen molar-refractivity contribution in [1.82, 2.24) is 0 Å². The Morgan fingerprint density at radius 1 is 1.10 bits per heavy atom. The fourth-order valence-corrected chi connectivity index (χ4v) is 3.71. The van der Waals surface area contributed by atoms with Gasteiger partial charge in [0.25, 0.3) is 0 Å². The highest BCUT2D eigenvalue weighted by atomic mass is 79.9. The van der Waals surface area contributed by atoms with Gasteiger partial charge in [-0.25, -0.2) is 4.79 Å². The van der Waals surface area contributed by atoms with E-state index in [1.54, 1.807) is 18.2 Å². The summed E-state index contributed by atoms with van der Waals surface area (Å²) in [6.45, 7) is 1.90. The smallest absolute Gasteiger partial charge is 0.306 e. The first-order valence-corrected chi connectivity index (χ1v) is 8.19. The van der Waals surface area contributed by atoms with E-state index in [2.05, 4.69) is 42.5 Å². The molecule has 0 aliphatic rings. The van der Waals surface area contributed by atoms with E-state index < -0.39 is 0 Å². The molecule has 0 saturated carbocycles. The first kappa shape index (κ1) is 16.6. The minimum atomic E-state index is -0.384. The van der Waals surface area contributed by atoms with Crippen molar-refractivity contribution in [3.63, 3.8) is 0 Å². The van der Waals surface area contributed by atoms with Crippen LogP contribution in [0.5, 0.6) is 0 Å². The van der Waals surface area contributed by atoms with E-state index in [0.29, 0.717) is 21.4 Å². The molecule has 0 bridgehead atoms. The van der Waals surface area contributed by atoms with Crippen LogP contribution in [-0.4, -0.2) is 6.03 Å². The van der Waals surface area contributed by atoms with Gasteiger partial charge in [-0.15, -0.1) is 0 Å². The Hall–Kier alpha value is -0.750. The summed E-state index contributed by atoms with van der Waals surface area (Å²) in [4.78, 5) is 12.1. The Kier molecular flexibility index (Phi) is 5.54. The number of urea groups is 1. The van der Waals surface area contributed by atoms with E-state index in [1.807, 2.05) is 19.1 Å². The summed E-state index contributed by atoms with van der Waals surface area (Å²) >= 11 is 18.6. The third kappa shape index (κ3) is 4.36. The molecule has 110 valence electrons. The molecule has 0 aromatic heterocycles. The van der Waals surface area contributed by atoms with Gasteiger partial charge < -0.3 is 10.6 Å². The van der Waals surface area contributed by atoms with Crippen LogP contribution in [0.1, 0.15) is 5.56 Å². The second-order valence-electron chi connectivity index (χ2n) is 4.28. The Bertz CT molecular complexity index is 684. The molecule has 0 unspecified atom stereocenters. The van der Waals surface area contributed by atoms with Crippen molar-refractivity contribution in [1.29, 1.82) is 0 Å². The molecule has 0 aliphatic heterocycles. The van der Waals surface area contributed by atoms with Crippen LogP contribution in [0.25, 0.3) is 0 Å². The average Bonchev–Trinajstić information content (AvgIpc) is 2.37. The number of amides is 2. The van der Waals surface area contributed by atoms with E-state index in [1.165, 1.54) is 0 Å². The minimum absolute atomic E-state index is 0.379. The monoisotopic (exact) mass is 450 g/mol. The van der Waals surface area contributed by atoms with Gasteiger partial charge in [0.1, 0.15) is 0 Å². The van der Waals surface area contributed by atoms with Crippen molar-refractivity contribution in [2.24, 2.45) is 0 Å². The number of anilines is 2. The molecule has 2 N–H and O–H groups in total. The molecule has 2 aromatic rings. The molecule has 0 aliphatic carbocycles. The highest BCUT2D eigenvalue weighted by Gasteiger charge is 2.11. The maximum atomic E-state index is 12.1. The molecule has 2 aromatic carbocycles. The second kappa shape index (κ2) is 7.01. The fraction of sp³-hybridized carbons (Fsp3) is 0.0714. The van der Waals surface area contributed by atoms with Gasteiger partial charge in [-0.05, 0) is 58.7 Å². The number of hydrogen-bond acceptors (Lipinski definition) is 1. The van der Waals surface area contributed by atoms with Gasteiger partial charge >= 0.3 is 6.03 Å². The summed E-state index contributed by atoms with van der Waals surface area (Å²) in [6, 6.07) is 8.26. The van der Waals surface area contributed by atoms with Crippen molar-refractivity contribution < 1.29 is 4.79 Å². The van der Waals surface area contributed by atoms with Gasteiger partial charge in [-0.1, -0.05) is 39.1 Å². The van der Waals surface area contributed by atoms with Crippen LogP contribution < -0.4 is 10.6 Å². The predicted octanol–water partition coefficient (Wildman–Crippen LogP) is 6.47. The zero-order valence-corrected chi connectivity index (χ0v) is 15.5. The van der Waals surface area contributed by atoms with Gasteiger partial charge in [0.2, 0.25) is 0 Å². The summed E-state index contributed by atoms with van der Waals surface area (Å²) < 4.78 is 1.71. The Balaban J connectivity index is 2.16. The van der Waals surface area contributed by atoms with E-state index >= 15 is 0 Å². The van der Waals surface area contributed by atoms with Gasteiger partial charge in [-0.2, -0.15) is 0 Å². The van der Waals surface area contributed by atoms with Crippen LogP contribution in [0.2, 0.25) is 10.0 Å². The number of aryl methyl sites for hydroxylation is 1. The summed E-state index contributed by atoms with van der Waals surface area (Å²) in [5.74, 6) is 0. The van der Waals surface area contributed by atoms with Crippen LogP contribution in [-0.2, 0) is 0 Å². The number of benzene rings is 2. The molecule has 0 atom stereocenters. The molecule has 21 heavy (non-hydrogen) atoms. The van der Waals surface area contributed by atoms with Crippen molar-refractivity contribution in [2.45, 2.75) is 6.92 Å². The number of rotatable bonds is 2. The average molecular weight is 453 g/mol. The van der Waals surface area contributed by atoms with Crippen molar-refractivity contribution >= 4 is 72.5 Å². The number of carbonyl (C=O) groups excluding carboxylic acids is 1. The second-order valence-corrected chi connectivity index (χ2v) is 6.90. The van der Waals surface area contributed by atoms with Crippen LogP contribution in [0.4, 0.5) is 16.2 Å². The first-order valence-electron chi connectivity index (χ1n) is 5.85. The lowest BCUT2D eigenvalue weighted by molar-refractivity contribution is 0.262. The van der Waals surface area contributed by atoms with Gasteiger partial charge in [0.15, 0.2) is 0 Å². The van der Waals surface area contributed by atoms with Crippen molar-refractivity contribution in [2.75, 3.05) is 10.6 Å². The number of hydrogen-bond donors (Lipinski definition) is 2. The maximum Gasteiger partial charge on any atom is 0.323 e. The topological polar surface area (TPSA) is 41.1 Å². The molecule has 7 heteroatoms. The zero-order chi connectivity index (χ0) is 15.6. The van der Waals surface area contributed by atoms with Crippen LogP contribution in [0.15, 0.2) is 39.3 Å². The third-order valence-corrected chi connectivity index (χ3v) is 4.30. The SMILES string of the molecule is Cc1cc(Br)cc(Br)c1NC(=O)Nc1ccc(Cl)cc1Cl. The molecule has 0 spiro atoms. The molecular formula is C14H10Br2Cl2N2O. The van der Waals surface area contributed by atoms with Gasteiger partial charge in [0, 0.05) is 14.0 Å². The number of nitrogens with one attached hydrogen (secondary N) is 2. The molecule has 0 fully saturated rings. The number of halogens is 4. The Morgan fingerprint density at radius 3 is 2.43 bits per heavy atom. The molecular weight excluding hydrogens is 443 g/mol. The fourth-order valence-electron chi connectivity index (χ4n) is 1.72. The van der Waals surface area contributed by atoms with E-state index in [-0.39, 0.29) is 6.03 Å². The summed E-state index contributed by atoms with van der Waals surface area (Å²) in [6.07, 6.45) is 0. The largest absolute Gasteiger partial charge is 0.323 e. The van der Waals surface area contributed by atoms with Crippen molar-refractivity contribution in [3.8, 4) is 0 Å². The molecule has 0 radical (unpaired) electrons. The van der Waals surface area contributed by atoms with Gasteiger partial charge in [0.05, 0.1) is 16.4 Å². The van der Waals surface area contributed by atoms with Gasteiger partial charge in [-0.3, -0.25) is 0 Å². The maximum absolute atomic E-state index is 12.1. The lowest BCUT2D eigenvalue weighted by Gasteiger charge is -2.13. The minimum Gasteiger partial charge on any atom is -0.306 e. The lowest BCUT2D eigenvalue weighted by atomic mass is 10.2. The van der Waals surface area contributed by atoms with Crippen molar-refractivity contribution in [3.05, 3.63) is 54.9 Å². The zero-order valence-electron chi connectivity index (χ0n) is 10.8. The van der Waals surface area contributed by atoms with E-state index in [4.69, 9.17) is 23.2 Å². The molecule has 3 nitrogen and oxygen atoms in total. The quantitative estimate of drug-likeness (QED) is 0.538. The number of carbonyl (C=O) groups is 1. The summed E-state index contributed by atoms with van der Waals surface area (Å²) in [5, 5.41) is 6.36. The highest BCUT2D eigenvalue weighted by Crippen LogP contribution is 2.31. The normalized spacial score (nSPS) is 10.3. The van der Waals surface area contributed by atoms with Crippen LogP contribution in [0, 0.1) is 6.92 Å². The first-order chi connectivity index (χ1) is 9.86. The Labute approximate surface area is 149 Å². The summed E-state index contributed by atoms with van der Waals surface area (Å²) in [5.41, 5.74) is 2.11. The molecule has 2 rings (SSSR count). The predicted molar refractivity (Wildman–Crippen MR) is 95.7 cm³/mol. The molecule has 0 heterocycles. The standard InChI is InChI=1S/C14H10Br2Cl2N2O/c1-7-4-8(15)5-10(16)13(7)20-14(21)19-12-3-2-9(17)6-11(12)18/h2-6H,1H3,(H2,19,20,21). The van der Waals surface area contributed by atoms with E-state index in [9.17, 15) is 4.79 Å². The highest BCUT2D eigenvalue weighted by molar-refractivity contribution is 9.11. The van der Waals surface area contributed by atoms with Crippen LogP contribution in [0.3, 0.4) is 0 Å². The van der Waals surface area contributed by atoms with E-state index in [0.717, 1.165) is 14.5 Å². The Morgan fingerprint density at radius 2 is 1.81 bits per heavy atom. The lowest BCUT2D eigenvalue weighted by Crippen LogP contribution is -2.20. The molecule has 2 amide bonds.